The van der Waals surface area contributed by atoms with E-state index in [0.29, 0.717) is 19.0 Å². The van der Waals surface area contributed by atoms with Gasteiger partial charge in [-0.3, -0.25) is 15.1 Å². The van der Waals surface area contributed by atoms with Crippen molar-refractivity contribution in [3.63, 3.8) is 0 Å². The lowest BCUT2D eigenvalue weighted by atomic mass is 10.3. The highest BCUT2D eigenvalue weighted by atomic mass is 127. The second-order valence-electron chi connectivity index (χ2n) is 5.08. The van der Waals surface area contributed by atoms with E-state index in [1.54, 1.807) is 18.4 Å². The van der Waals surface area contributed by atoms with Gasteiger partial charge in [0.1, 0.15) is 0 Å². The van der Waals surface area contributed by atoms with Gasteiger partial charge in [-0.05, 0) is 17.5 Å². The second-order valence-corrected chi connectivity index (χ2v) is 7.88. The van der Waals surface area contributed by atoms with Gasteiger partial charge in [-0.1, -0.05) is 12.1 Å². The minimum atomic E-state index is -3.82. The van der Waals surface area contributed by atoms with Crippen LogP contribution in [0.15, 0.2) is 51.7 Å². The van der Waals surface area contributed by atoms with Crippen LogP contribution in [0.1, 0.15) is 4.88 Å². The Morgan fingerprint density at radius 3 is 2.63 bits per heavy atom. The fraction of sp³-hybridized carbons (Fsp3) is 0.267. The summed E-state index contributed by atoms with van der Waals surface area (Å²) in [4.78, 5) is 15.2. The number of nitrogens with zero attached hydrogens (tertiary/aromatic N) is 2. The Labute approximate surface area is 178 Å². The molecule has 3 N–H and O–H groups in total. The van der Waals surface area contributed by atoms with E-state index in [1.165, 1.54) is 18.2 Å². The first-order chi connectivity index (χ1) is 12.4. The Morgan fingerprint density at radius 1 is 1.22 bits per heavy atom. The summed E-state index contributed by atoms with van der Waals surface area (Å²) in [6.45, 7) is 1.03. The number of aliphatic imine (C=N–C) groups is 1. The van der Waals surface area contributed by atoms with Gasteiger partial charge in [-0.15, -0.1) is 35.3 Å². The normalized spacial score (nSPS) is 11.5. The highest BCUT2D eigenvalue weighted by molar-refractivity contribution is 14.0. The summed E-state index contributed by atoms with van der Waals surface area (Å²) in [6.07, 6.45) is 0. The molecular weight excluding hydrogens is 505 g/mol. The summed E-state index contributed by atoms with van der Waals surface area (Å²) in [5, 5.41) is 18.9. The quantitative estimate of drug-likeness (QED) is 0.121. The summed E-state index contributed by atoms with van der Waals surface area (Å²) in [7, 11) is -2.20. The van der Waals surface area contributed by atoms with E-state index in [-0.39, 0.29) is 41.1 Å². The van der Waals surface area contributed by atoms with Crippen LogP contribution >= 0.6 is 35.3 Å². The van der Waals surface area contributed by atoms with Crippen molar-refractivity contribution in [3.8, 4) is 0 Å². The predicted molar refractivity (Wildman–Crippen MR) is 116 cm³/mol. The number of hydrogen-bond donors (Lipinski definition) is 3. The SMILES string of the molecule is CN=C(NCCNS(=O)(=O)c1cccc([N+](=O)[O-])c1)NCc1cccs1.I. The Balaban J connectivity index is 0.00000364. The van der Waals surface area contributed by atoms with Crippen molar-refractivity contribution in [2.24, 2.45) is 4.99 Å². The van der Waals surface area contributed by atoms with Gasteiger partial charge in [0.25, 0.3) is 5.69 Å². The number of nitrogens with one attached hydrogen (secondary N) is 3. The van der Waals surface area contributed by atoms with E-state index in [0.717, 1.165) is 10.9 Å². The van der Waals surface area contributed by atoms with Crippen LogP contribution in [0.5, 0.6) is 0 Å². The number of halogens is 1. The fourth-order valence-electron chi connectivity index (χ4n) is 2.02. The summed E-state index contributed by atoms with van der Waals surface area (Å²) in [5.74, 6) is 0.549. The van der Waals surface area contributed by atoms with Crippen LogP contribution in [0, 0.1) is 10.1 Å². The average molecular weight is 525 g/mol. The lowest BCUT2D eigenvalue weighted by molar-refractivity contribution is -0.385. The Morgan fingerprint density at radius 2 is 2.00 bits per heavy atom. The van der Waals surface area contributed by atoms with E-state index in [4.69, 9.17) is 0 Å². The smallest absolute Gasteiger partial charge is 0.270 e. The number of benzene rings is 1. The van der Waals surface area contributed by atoms with Gasteiger partial charge < -0.3 is 10.6 Å². The van der Waals surface area contributed by atoms with Crippen molar-refractivity contribution < 1.29 is 13.3 Å². The molecule has 0 amide bonds. The molecule has 0 radical (unpaired) electrons. The van der Waals surface area contributed by atoms with Crippen LogP contribution in [0.3, 0.4) is 0 Å². The number of nitro groups is 1. The molecule has 148 valence electrons. The standard InChI is InChI=1S/C15H19N5O4S2.HI/c1-16-15(18-11-13-5-3-9-25-13)17-7-8-19-26(23,24)14-6-2-4-12(10-14)20(21)22;/h2-6,9-10,19H,7-8,11H2,1H3,(H2,16,17,18);1H. The molecule has 2 rings (SSSR count). The third-order valence-electron chi connectivity index (χ3n) is 3.28. The minimum Gasteiger partial charge on any atom is -0.355 e. The van der Waals surface area contributed by atoms with Crippen LogP contribution in [0.25, 0.3) is 0 Å². The molecule has 1 aromatic carbocycles. The molecule has 0 saturated heterocycles. The van der Waals surface area contributed by atoms with Crippen LogP contribution in [-0.4, -0.2) is 39.4 Å². The number of hydrogen-bond acceptors (Lipinski definition) is 6. The van der Waals surface area contributed by atoms with E-state index < -0.39 is 14.9 Å². The zero-order valence-electron chi connectivity index (χ0n) is 14.4. The van der Waals surface area contributed by atoms with E-state index in [2.05, 4.69) is 20.3 Å². The minimum absolute atomic E-state index is 0. The molecule has 0 bridgehead atoms. The van der Waals surface area contributed by atoms with Gasteiger partial charge in [0, 0.05) is 37.1 Å². The predicted octanol–water partition coefficient (Wildman–Crippen LogP) is 1.92. The lowest BCUT2D eigenvalue weighted by Crippen LogP contribution is -2.41. The maximum atomic E-state index is 12.2. The van der Waals surface area contributed by atoms with Crippen LogP contribution < -0.4 is 15.4 Å². The third kappa shape index (κ3) is 7.40. The number of non-ortho nitro benzene ring substituents is 1. The van der Waals surface area contributed by atoms with Crippen molar-refractivity contribution in [2.45, 2.75) is 11.4 Å². The molecule has 0 unspecified atom stereocenters. The Bertz CT molecular complexity index is 872. The van der Waals surface area contributed by atoms with Crippen molar-refractivity contribution in [1.82, 2.24) is 15.4 Å². The zero-order chi connectivity index (χ0) is 19.0. The van der Waals surface area contributed by atoms with E-state index in [9.17, 15) is 18.5 Å². The Hall–Kier alpha value is -1.77. The highest BCUT2D eigenvalue weighted by Crippen LogP contribution is 2.16. The first-order valence-corrected chi connectivity index (χ1v) is 9.99. The molecule has 1 aromatic heterocycles. The van der Waals surface area contributed by atoms with Crippen molar-refractivity contribution in [2.75, 3.05) is 20.1 Å². The van der Waals surface area contributed by atoms with Crippen molar-refractivity contribution >= 4 is 57.0 Å². The van der Waals surface area contributed by atoms with Gasteiger partial charge in [-0.25, -0.2) is 13.1 Å². The number of guanidine groups is 1. The van der Waals surface area contributed by atoms with Crippen LogP contribution in [-0.2, 0) is 16.6 Å². The lowest BCUT2D eigenvalue weighted by Gasteiger charge is -2.12. The average Bonchev–Trinajstić information content (AvgIpc) is 3.14. The molecule has 0 aliphatic carbocycles. The number of sulfonamides is 1. The molecule has 0 fully saturated rings. The molecule has 27 heavy (non-hydrogen) atoms. The first kappa shape index (κ1) is 23.3. The molecule has 0 spiro atoms. The second kappa shape index (κ2) is 11.2. The molecule has 0 atom stereocenters. The number of rotatable bonds is 8. The number of nitro benzene ring substituents is 1. The van der Waals surface area contributed by atoms with Gasteiger partial charge in [0.2, 0.25) is 10.0 Å². The first-order valence-electron chi connectivity index (χ1n) is 7.63. The maximum Gasteiger partial charge on any atom is 0.270 e. The molecule has 0 aliphatic rings. The zero-order valence-corrected chi connectivity index (χ0v) is 18.4. The largest absolute Gasteiger partial charge is 0.355 e. The molecule has 9 nitrogen and oxygen atoms in total. The molecule has 0 saturated carbocycles. The van der Waals surface area contributed by atoms with Gasteiger partial charge in [-0.2, -0.15) is 0 Å². The van der Waals surface area contributed by atoms with Gasteiger partial charge >= 0.3 is 0 Å². The van der Waals surface area contributed by atoms with Gasteiger partial charge in [0.15, 0.2) is 5.96 Å². The van der Waals surface area contributed by atoms with Crippen LogP contribution in [0.4, 0.5) is 5.69 Å². The summed E-state index contributed by atoms with van der Waals surface area (Å²) in [6, 6.07) is 8.87. The summed E-state index contributed by atoms with van der Waals surface area (Å²) in [5.41, 5.74) is -0.274. The molecule has 12 heteroatoms. The van der Waals surface area contributed by atoms with Crippen LogP contribution in [0.2, 0.25) is 0 Å². The molecule has 1 heterocycles. The molecular formula is C15H20IN5O4S2. The Kier molecular flexibility index (Phi) is 9.62. The fourth-order valence-corrected chi connectivity index (χ4v) is 3.73. The molecule has 2 aromatic rings. The van der Waals surface area contributed by atoms with Crippen molar-refractivity contribution in [3.05, 3.63) is 56.8 Å². The van der Waals surface area contributed by atoms with E-state index >= 15 is 0 Å². The summed E-state index contributed by atoms with van der Waals surface area (Å²) >= 11 is 1.62. The maximum absolute atomic E-state index is 12.2. The molecule has 0 aliphatic heterocycles. The summed E-state index contributed by atoms with van der Waals surface area (Å²) < 4.78 is 26.8. The topological polar surface area (TPSA) is 126 Å². The van der Waals surface area contributed by atoms with Crippen molar-refractivity contribution in [1.29, 1.82) is 0 Å². The third-order valence-corrected chi connectivity index (χ3v) is 5.62. The number of thiophene rings is 1. The highest BCUT2D eigenvalue weighted by Gasteiger charge is 2.17. The van der Waals surface area contributed by atoms with Gasteiger partial charge in [0.05, 0.1) is 16.4 Å². The van der Waals surface area contributed by atoms with E-state index in [1.807, 2.05) is 17.5 Å². The monoisotopic (exact) mass is 525 g/mol.